The number of nitrogens with one attached hydrogen (secondary N) is 2. The fourth-order valence-electron chi connectivity index (χ4n) is 2.28. The van der Waals surface area contributed by atoms with Gasteiger partial charge in [0.25, 0.3) is 0 Å². The topological polar surface area (TPSA) is 96.2 Å². The summed E-state index contributed by atoms with van der Waals surface area (Å²) in [4.78, 5) is 20.8. The summed E-state index contributed by atoms with van der Waals surface area (Å²) in [5, 5.41) is 16.7. The zero-order chi connectivity index (χ0) is 14.4. The van der Waals surface area contributed by atoms with Crippen LogP contribution in [0.5, 0.6) is 0 Å². The van der Waals surface area contributed by atoms with Crippen LogP contribution in [-0.4, -0.2) is 53.0 Å². The highest BCUT2D eigenvalue weighted by molar-refractivity contribution is 5.56. The molecule has 2 heterocycles. The first-order valence-electron chi connectivity index (χ1n) is 6.86. The van der Waals surface area contributed by atoms with Gasteiger partial charge in [-0.3, -0.25) is 10.1 Å². The zero-order valence-corrected chi connectivity index (χ0v) is 11.6. The third-order valence-corrected chi connectivity index (χ3v) is 3.33. The molecule has 1 aromatic heterocycles. The van der Waals surface area contributed by atoms with Crippen molar-refractivity contribution in [2.45, 2.75) is 19.3 Å². The monoisotopic (exact) mass is 280 g/mol. The van der Waals surface area contributed by atoms with Crippen LogP contribution >= 0.6 is 0 Å². The molecule has 1 aliphatic heterocycles. The lowest BCUT2D eigenvalue weighted by Gasteiger charge is -2.14. The molecule has 0 aliphatic carbocycles. The third-order valence-electron chi connectivity index (χ3n) is 3.33. The molecule has 2 rings (SSSR count). The molecule has 20 heavy (non-hydrogen) atoms. The summed E-state index contributed by atoms with van der Waals surface area (Å²) in [7, 11) is 1.68. The molecule has 1 fully saturated rings. The highest BCUT2D eigenvalue weighted by atomic mass is 16.6. The average Bonchev–Trinajstić information content (AvgIpc) is 2.96. The van der Waals surface area contributed by atoms with Crippen molar-refractivity contribution in [2.24, 2.45) is 0 Å². The molecule has 0 aromatic carbocycles. The van der Waals surface area contributed by atoms with Gasteiger partial charge in [0.15, 0.2) is 0 Å². The molecular formula is C12H20N6O2. The molecule has 0 radical (unpaired) electrons. The Labute approximate surface area is 117 Å². The summed E-state index contributed by atoms with van der Waals surface area (Å²) < 4.78 is 0. The maximum atomic E-state index is 10.9. The molecule has 8 heteroatoms. The Bertz CT molecular complexity index is 461. The molecular weight excluding hydrogens is 260 g/mol. The first-order chi connectivity index (χ1) is 9.70. The van der Waals surface area contributed by atoms with E-state index in [-0.39, 0.29) is 11.5 Å². The quantitative estimate of drug-likeness (QED) is 0.442. The van der Waals surface area contributed by atoms with Gasteiger partial charge in [0, 0.05) is 13.6 Å². The number of nitrogens with zero attached hydrogens (tertiary/aromatic N) is 4. The van der Waals surface area contributed by atoms with Crippen LogP contribution in [0.15, 0.2) is 6.20 Å². The summed E-state index contributed by atoms with van der Waals surface area (Å²) in [6.45, 7) is 4.01. The molecule has 0 bridgehead atoms. The molecule has 0 atom stereocenters. The van der Waals surface area contributed by atoms with E-state index in [1.165, 1.54) is 19.0 Å². The number of likely N-dealkylation sites (tertiary alicyclic amines) is 1. The Balaban J connectivity index is 1.88. The Hall–Kier alpha value is -1.96. The number of nitro groups is 1. The molecule has 110 valence electrons. The van der Waals surface area contributed by atoms with Crippen LogP contribution in [0.1, 0.15) is 19.3 Å². The van der Waals surface area contributed by atoms with E-state index < -0.39 is 4.92 Å². The maximum Gasteiger partial charge on any atom is 0.329 e. The van der Waals surface area contributed by atoms with Crippen molar-refractivity contribution in [2.75, 3.05) is 43.9 Å². The van der Waals surface area contributed by atoms with Gasteiger partial charge in [-0.2, -0.15) is 4.98 Å². The average molecular weight is 280 g/mol. The lowest BCUT2D eigenvalue weighted by Crippen LogP contribution is -2.22. The largest absolute Gasteiger partial charge is 0.364 e. The van der Waals surface area contributed by atoms with Crippen molar-refractivity contribution < 1.29 is 4.92 Å². The second-order valence-corrected chi connectivity index (χ2v) is 4.76. The first kappa shape index (κ1) is 14.4. The van der Waals surface area contributed by atoms with Gasteiger partial charge in [-0.25, -0.2) is 4.98 Å². The van der Waals surface area contributed by atoms with Crippen LogP contribution in [0.4, 0.5) is 17.5 Å². The van der Waals surface area contributed by atoms with Gasteiger partial charge >= 0.3 is 5.69 Å². The maximum absolute atomic E-state index is 10.9. The van der Waals surface area contributed by atoms with Crippen molar-refractivity contribution >= 4 is 17.5 Å². The lowest BCUT2D eigenvalue weighted by atomic mass is 10.3. The lowest BCUT2D eigenvalue weighted by molar-refractivity contribution is -0.384. The van der Waals surface area contributed by atoms with E-state index in [1.54, 1.807) is 7.05 Å². The molecule has 0 unspecified atom stereocenters. The minimum Gasteiger partial charge on any atom is -0.364 e. The van der Waals surface area contributed by atoms with E-state index >= 15 is 0 Å². The molecule has 0 spiro atoms. The Kier molecular flexibility index (Phi) is 5.05. The van der Waals surface area contributed by atoms with E-state index in [0.717, 1.165) is 26.1 Å². The fourth-order valence-corrected chi connectivity index (χ4v) is 2.28. The fraction of sp³-hybridized carbons (Fsp3) is 0.667. The zero-order valence-electron chi connectivity index (χ0n) is 11.6. The number of anilines is 2. The Morgan fingerprint density at radius 1 is 1.45 bits per heavy atom. The molecule has 1 aliphatic rings. The SMILES string of the molecule is CNc1ncc([N+](=O)[O-])c(NCCCN2CCCC2)n1. The van der Waals surface area contributed by atoms with Gasteiger partial charge in [-0.05, 0) is 38.9 Å². The minimum atomic E-state index is -0.470. The number of hydrogen-bond donors (Lipinski definition) is 2. The number of rotatable bonds is 7. The minimum absolute atomic E-state index is 0.0924. The molecule has 2 N–H and O–H groups in total. The highest BCUT2D eigenvalue weighted by Crippen LogP contribution is 2.21. The van der Waals surface area contributed by atoms with Gasteiger partial charge in [0.05, 0.1) is 4.92 Å². The first-order valence-corrected chi connectivity index (χ1v) is 6.86. The summed E-state index contributed by atoms with van der Waals surface area (Å²) in [5.74, 6) is 0.647. The van der Waals surface area contributed by atoms with Gasteiger partial charge < -0.3 is 15.5 Å². The molecule has 0 amide bonds. The predicted octanol–water partition coefficient (Wildman–Crippen LogP) is 1.32. The van der Waals surface area contributed by atoms with Crippen molar-refractivity contribution in [3.05, 3.63) is 16.3 Å². The van der Waals surface area contributed by atoms with Gasteiger partial charge in [-0.1, -0.05) is 0 Å². The normalized spacial score (nSPS) is 15.2. The molecule has 1 aromatic rings. The number of hydrogen-bond acceptors (Lipinski definition) is 7. The van der Waals surface area contributed by atoms with Crippen molar-refractivity contribution in [1.82, 2.24) is 14.9 Å². The van der Waals surface area contributed by atoms with Crippen LogP contribution < -0.4 is 10.6 Å². The Morgan fingerprint density at radius 2 is 2.20 bits per heavy atom. The van der Waals surface area contributed by atoms with Crippen molar-refractivity contribution in [3.8, 4) is 0 Å². The summed E-state index contributed by atoms with van der Waals surface area (Å²) >= 11 is 0. The summed E-state index contributed by atoms with van der Waals surface area (Å²) in [5.41, 5.74) is -0.0924. The molecule has 8 nitrogen and oxygen atoms in total. The van der Waals surface area contributed by atoms with E-state index in [1.807, 2.05) is 0 Å². The Morgan fingerprint density at radius 3 is 2.85 bits per heavy atom. The molecule has 1 saturated heterocycles. The van der Waals surface area contributed by atoms with Crippen LogP contribution in [0.25, 0.3) is 0 Å². The van der Waals surface area contributed by atoms with E-state index in [2.05, 4.69) is 25.5 Å². The smallest absolute Gasteiger partial charge is 0.329 e. The van der Waals surface area contributed by atoms with Gasteiger partial charge in [0.2, 0.25) is 11.8 Å². The second kappa shape index (κ2) is 6.99. The number of aromatic nitrogens is 2. The summed E-state index contributed by atoms with van der Waals surface area (Å²) in [6, 6.07) is 0. The standard InChI is InChI=1S/C12H20N6O2/c1-13-12-15-9-10(18(19)20)11(16-12)14-5-4-8-17-6-2-3-7-17/h9H,2-8H2,1H3,(H2,13,14,15,16). The highest BCUT2D eigenvalue weighted by Gasteiger charge is 2.17. The predicted molar refractivity (Wildman–Crippen MR) is 77.0 cm³/mol. The van der Waals surface area contributed by atoms with Gasteiger partial charge in [-0.15, -0.1) is 0 Å². The van der Waals surface area contributed by atoms with E-state index in [9.17, 15) is 10.1 Å². The van der Waals surface area contributed by atoms with Crippen LogP contribution in [-0.2, 0) is 0 Å². The van der Waals surface area contributed by atoms with Crippen LogP contribution in [0, 0.1) is 10.1 Å². The van der Waals surface area contributed by atoms with E-state index in [0.29, 0.717) is 12.5 Å². The van der Waals surface area contributed by atoms with Crippen LogP contribution in [0.2, 0.25) is 0 Å². The van der Waals surface area contributed by atoms with Crippen molar-refractivity contribution in [3.63, 3.8) is 0 Å². The molecule has 0 saturated carbocycles. The second-order valence-electron chi connectivity index (χ2n) is 4.76. The van der Waals surface area contributed by atoms with Crippen LogP contribution in [0.3, 0.4) is 0 Å². The summed E-state index contributed by atoms with van der Waals surface area (Å²) in [6.07, 6.45) is 4.71. The van der Waals surface area contributed by atoms with Gasteiger partial charge in [0.1, 0.15) is 6.20 Å². The van der Waals surface area contributed by atoms with E-state index in [4.69, 9.17) is 0 Å². The van der Waals surface area contributed by atoms with Crippen molar-refractivity contribution in [1.29, 1.82) is 0 Å². The third kappa shape index (κ3) is 3.77.